The second-order valence-electron chi connectivity index (χ2n) is 4.25. The molecule has 0 radical (unpaired) electrons. The second kappa shape index (κ2) is 4.75. The van der Waals surface area contributed by atoms with Gasteiger partial charge >= 0.3 is 0 Å². The molecule has 1 aliphatic rings. The third kappa shape index (κ3) is 2.45. The lowest BCUT2D eigenvalue weighted by Crippen LogP contribution is -2.40. The van der Waals surface area contributed by atoms with E-state index < -0.39 is 0 Å². The quantitative estimate of drug-likeness (QED) is 0.671. The van der Waals surface area contributed by atoms with Gasteiger partial charge in [0.25, 0.3) is 0 Å². The van der Waals surface area contributed by atoms with Gasteiger partial charge in [0.05, 0.1) is 12.6 Å². The Balaban J connectivity index is 2.48. The van der Waals surface area contributed by atoms with E-state index in [1.807, 2.05) is 6.92 Å². The predicted molar refractivity (Wildman–Crippen MR) is 54.6 cm³/mol. The summed E-state index contributed by atoms with van der Waals surface area (Å²) in [5, 5.41) is 8.93. The predicted octanol–water partition coefficient (Wildman–Crippen LogP) is -0.0470. The third-order valence-electron chi connectivity index (χ3n) is 3.10. The number of likely N-dealkylation sites (N-methyl/N-ethyl adjacent to an activating group) is 1. The average molecular weight is 200 g/mol. The van der Waals surface area contributed by atoms with Gasteiger partial charge in [-0.15, -0.1) is 0 Å². The zero-order valence-corrected chi connectivity index (χ0v) is 8.94. The lowest BCUT2D eigenvalue weighted by atomic mass is 10.1. The third-order valence-corrected chi connectivity index (χ3v) is 3.10. The number of hydrogen-bond acceptors (Lipinski definition) is 3. The van der Waals surface area contributed by atoms with Crippen molar-refractivity contribution in [1.29, 1.82) is 0 Å². The minimum absolute atomic E-state index is 0.0149. The van der Waals surface area contributed by atoms with Crippen LogP contribution in [-0.2, 0) is 4.79 Å². The molecule has 3 unspecified atom stereocenters. The highest BCUT2D eigenvalue weighted by atomic mass is 16.3. The van der Waals surface area contributed by atoms with E-state index in [1.54, 1.807) is 11.9 Å². The molecule has 0 aromatic carbocycles. The molecule has 0 spiro atoms. The maximum absolute atomic E-state index is 11.9. The van der Waals surface area contributed by atoms with Crippen LogP contribution in [0.1, 0.15) is 26.2 Å². The monoisotopic (exact) mass is 200 g/mol. The molecule has 1 rings (SSSR count). The van der Waals surface area contributed by atoms with Gasteiger partial charge in [0.1, 0.15) is 0 Å². The lowest BCUT2D eigenvalue weighted by molar-refractivity contribution is -0.136. The van der Waals surface area contributed by atoms with Crippen molar-refractivity contribution in [2.45, 2.75) is 38.3 Å². The fourth-order valence-corrected chi connectivity index (χ4v) is 1.87. The molecule has 14 heavy (non-hydrogen) atoms. The molecular weight excluding hydrogens is 180 g/mol. The summed E-state index contributed by atoms with van der Waals surface area (Å²) >= 11 is 0. The molecule has 1 saturated carbocycles. The van der Waals surface area contributed by atoms with Crippen LogP contribution in [0.5, 0.6) is 0 Å². The van der Waals surface area contributed by atoms with Gasteiger partial charge in [-0.1, -0.05) is 0 Å². The van der Waals surface area contributed by atoms with Crippen molar-refractivity contribution in [2.75, 3.05) is 13.7 Å². The Bertz CT molecular complexity index is 204. The van der Waals surface area contributed by atoms with Crippen molar-refractivity contribution in [1.82, 2.24) is 4.90 Å². The van der Waals surface area contributed by atoms with Crippen LogP contribution in [0.4, 0.5) is 0 Å². The van der Waals surface area contributed by atoms with Crippen LogP contribution in [0.3, 0.4) is 0 Å². The number of carbonyl (C=O) groups is 1. The minimum atomic E-state index is -0.0978. The molecule has 1 fully saturated rings. The number of carbonyl (C=O) groups excluding carboxylic acids is 1. The van der Waals surface area contributed by atoms with Gasteiger partial charge in [0, 0.05) is 19.0 Å². The van der Waals surface area contributed by atoms with Crippen LogP contribution in [0.15, 0.2) is 0 Å². The molecule has 1 amide bonds. The normalized spacial score (nSPS) is 28.9. The minimum Gasteiger partial charge on any atom is -0.394 e. The first-order chi connectivity index (χ1) is 6.56. The Morgan fingerprint density at radius 2 is 2.29 bits per heavy atom. The van der Waals surface area contributed by atoms with Crippen molar-refractivity contribution in [3.8, 4) is 0 Å². The highest BCUT2D eigenvalue weighted by Crippen LogP contribution is 2.26. The topological polar surface area (TPSA) is 66.6 Å². The van der Waals surface area contributed by atoms with Crippen molar-refractivity contribution < 1.29 is 9.90 Å². The van der Waals surface area contributed by atoms with Gasteiger partial charge < -0.3 is 15.7 Å². The Hall–Kier alpha value is -0.610. The molecule has 0 bridgehead atoms. The molecular formula is C10H20N2O2. The lowest BCUT2D eigenvalue weighted by Gasteiger charge is -2.26. The Morgan fingerprint density at radius 3 is 2.71 bits per heavy atom. The summed E-state index contributed by atoms with van der Waals surface area (Å²) in [4.78, 5) is 13.5. The summed E-state index contributed by atoms with van der Waals surface area (Å²) < 4.78 is 0. The first-order valence-electron chi connectivity index (χ1n) is 5.19. The molecule has 4 heteroatoms. The van der Waals surface area contributed by atoms with Crippen molar-refractivity contribution in [3.63, 3.8) is 0 Å². The SMILES string of the molecule is CC(CO)N(C)C(=O)C1CCC(N)C1. The van der Waals surface area contributed by atoms with Gasteiger partial charge in [-0.3, -0.25) is 4.79 Å². The van der Waals surface area contributed by atoms with Crippen LogP contribution >= 0.6 is 0 Å². The number of hydrogen-bond donors (Lipinski definition) is 2. The summed E-state index contributed by atoms with van der Waals surface area (Å²) in [6.45, 7) is 1.85. The van der Waals surface area contributed by atoms with E-state index in [9.17, 15) is 4.79 Å². The first kappa shape index (κ1) is 11.5. The van der Waals surface area contributed by atoms with Crippen LogP contribution in [0, 0.1) is 5.92 Å². The van der Waals surface area contributed by atoms with E-state index >= 15 is 0 Å². The van der Waals surface area contributed by atoms with Gasteiger partial charge in [-0.2, -0.15) is 0 Å². The molecule has 3 N–H and O–H groups in total. The summed E-state index contributed by atoms with van der Waals surface area (Å²) in [7, 11) is 1.74. The molecule has 3 atom stereocenters. The first-order valence-corrected chi connectivity index (χ1v) is 5.19. The Kier molecular flexibility index (Phi) is 3.89. The van der Waals surface area contributed by atoms with Crippen molar-refractivity contribution in [3.05, 3.63) is 0 Å². The maximum atomic E-state index is 11.9. The van der Waals surface area contributed by atoms with Crippen molar-refractivity contribution >= 4 is 5.91 Å². The summed E-state index contributed by atoms with van der Waals surface area (Å²) in [5.41, 5.74) is 5.75. The second-order valence-corrected chi connectivity index (χ2v) is 4.25. The summed E-state index contributed by atoms with van der Waals surface area (Å²) in [5.74, 6) is 0.198. The highest BCUT2D eigenvalue weighted by molar-refractivity contribution is 5.79. The van der Waals surface area contributed by atoms with E-state index in [0.29, 0.717) is 0 Å². The van der Waals surface area contributed by atoms with E-state index in [4.69, 9.17) is 10.8 Å². The number of nitrogens with zero attached hydrogens (tertiary/aromatic N) is 1. The number of rotatable bonds is 3. The molecule has 82 valence electrons. The highest BCUT2D eigenvalue weighted by Gasteiger charge is 2.30. The average Bonchev–Trinajstić information content (AvgIpc) is 2.61. The summed E-state index contributed by atoms with van der Waals surface area (Å²) in [6, 6.07) is 0.0844. The molecule has 0 aromatic rings. The smallest absolute Gasteiger partial charge is 0.225 e. The van der Waals surface area contributed by atoms with Gasteiger partial charge in [-0.25, -0.2) is 0 Å². The number of amides is 1. The molecule has 0 aromatic heterocycles. The van der Waals surface area contributed by atoms with Crippen LogP contribution in [-0.4, -0.2) is 41.7 Å². The van der Waals surface area contributed by atoms with E-state index in [-0.39, 0.29) is 30.5 Å². The van der Waals surface area contributed by atoms with Gasteiger partial charge in [0.2, 0.25) is 5.91 Å². The largest absolute Gasteiger partial charge is 0.394 e. The number of nitrogens with two attached hydrogens (primary N) is 1. The maximum Gasteiger partial charge on any atom is 0.225 e. The Morgan fingerprint density at radius 1 is 1.64 bits per heavy atom. The molecule has 0 aliphatic heterocycles. The van der Waals surface area contributed by atoms with Gasteiger partial charge in [-0.05, 0) is 26.2 Å². The van der Waals surface area contributed by atoms with Crippen LogP contribution in [0.2, 0.25) is 0 Å². The zero-order valence-electron chi connectivity index (χ0n) is 8.94. The number of aliphatic hydroxyl groups excluding tert-OH is 1. The zero-order chi connectivity index (χ0) is 10.7. The molecule has 4 nitrogen and oxygen atoms in total. The van der Waals surface area contributed by atoms with E-state index in [2.05, 4.69) is 0 Å². The fraction of sp³-hybridized carbons (Fsp3) is 0.900. The Labute approximate surface area is 85.1 Å². The van der Waals surface area contributed by atoms with Crippen LogP contribution < -0.4 is 5.73 Å². The molecule has 1 aliphatic carbocycles. The summed E-state index contributed by atoms with van der Waals surface area (Å²) in [6.07, 6.45) is 2.63. The molecule has 0 saturated heterocycles. The van der Waals surface area contributed by atoms with E-state index in [0.717, 1.165) is 19.3 Å². The fourth-order valence-electron chi connectivity index (χ4n) is 1.87. The van der Waals surface area contributed by atoms with E-state index in [1.165, 1.54) is 0 Å². The van der Waals surface area contributed by atoms with Crippen molar-refractivity contribution in [2.24, 2.45) is 11.7 Å². The number of aliphatic hydroxyl groups is 1. The molecule has 0 heterocycles. The van der Waals surface area contributed by atoms with Crippen LogP contribution in [0.25, 0.3) is 0 Å². The van der Waals surface area contributed by atoms with Gasteiger partial charge in [0.15, 0.2) is 0 Å². The standard InChI is InChI=1S/C10H20N2O2/c1-7(6-13)12(2)10(14)8-3-4-9(11)5-8/h7-9,13H,3-6,11H2,1-2H3.